The minimum atomic E-state index is -0.217. The van der Waals surface area contributed by atoms with Crippen LogP contribution >= 0.6 is 0 Å². The maximum absolute atomic E-state index is 12.8. The van der Waals surface area contributed by atoms with Gasteiger partial charge in [-0.2, -0.15) is 0 Å². The number of rotatable bonds is 3. The summed E-state index contributed by atoms with van der Waals surface area (Å²) >= 11 is 0. The molecule has 2 aliphatic rings. The third-order valence-corrected chi connectivity index (χ3v) is 4.94. The highest BCUT2D eigenvalue weighted by Gasteiger charge is 2.38. The van der Waals surface area contributed by atoms with Crippen LogP contribution in [0.15, 0.2) is 24.3 Å². The van der Waals surface area contributed by atoms with E-state index < -0.39 is 0 Å². The van der Waals surface area contributed by atoms with Gasteiger partial charge in [0.1, 0.15) is 5.75 Å². The highest BCUT2D eigenvalue weighted by Crippen LogP contribution is 2.29. The first kappa shape index (κ1) is 15.8. The number of benzene rings is 1. The standard InChI is InChI=1S/C18H24N2O3/c1-13-5-3-4-10-19(13)18(22)14-11-17(21)20(12-14)15-6-8-16(23-2)9-7-15/h6-9,13-14H,3-5,10-12H2,1-2H3/t13-,14-/m0/s1. The zero-order valence-electron chi connectivity index (χ0n) is 13.8. The molecular weight excluding hydrogens is 292 g/mol. The lowest BCUT2D eigenvalue weighted by Gasteiger charge is -2.35. The van der Waals surface area contributed by atoms with Crippen molar-refractivity contribution in [2.75, 3.05) is 25.1 Å². The fourth-order valence-electron chi connectivity index (χ4n) is 3.54. The Labute approximate surface area is 137 Å². The molecule has 2 fully saturated rings. The molecule has 0 saturated carbocycles. The predicted molar refractivity (Wildman–Crippen MR) is 88.5 cm³/mol. The molecule has 0 bridgehead atoms. The Balaban J connectivity index is 1.70. The Hall–Kier alpha value is -2.04. The molecule has 3 rings (SSSR count). The van der Waals surface area contributed by atoms with Crippen LogP contribution in [0.25, 0.3) is 0 Å². The summed E-state index contributed by atoms with van der Waals surface area (Å²) in [4.78, 5) is 28.8. The summed E-state index contributed by atoms with van der Waals surface area (Å²) in [6.07, 6.45) is 3.63. The smallest absolute Gasteiger partial charge is 0.228 e. The molecule has 124 valence electrons. The summed E-state index contributed by atoms with van der Waals surface area (Å²) in [5.41, 5.74) is 0.831. The molecule has 0 aromatic heterocycles. The quantitative estimate of drug-likeness (QED) is 0.860. The first-order chi connectivity index (χ1) is 11.1. The van der Waals surface area contributed by atoms with Crippen molar-refractivity contribution in [1.82, 2.24) is 4.90 Å². The summed E-state index contributed by atoms with van der Waals surface area (Å²) in [5.74, 6) is 0.708. The van der Waals surface area contributed by atoms with Gasteiger partial charge in [-0.05, 0) is 50.5 Å². The largest absolute Gasteiger partial charge is 0.497 e. The van der Waals surface area contributed by atoms with Gasteiger partial charge in [0, 0.05) is 31.2 Å². The predicted octanol–water partition coefficient (Wildman–Crippen LogP) is 2.45. The zero-order valence-corrected chi connectivity index (χ0v) is 13.8. The molecule has 2 aliphatic heterocycles. The molecule has 5 heteroatoms. The normalized spacial score (nSPS) is 24.9. The molecule has 1 aromatic rings. The van der Waals surface area contributed by atoms with Gasteiger partial charge in [0.25, 0.3) is 0 Å². The van der Waals surface area contributed by atoms with Crippen LogP contribution in [0.5, 0.6) is 5.75 Å². The molecule has 0 N–H and O–H groups in total. The van der Waals surface area contributed by atoms with Crippen LogP contribution in [0.4, 0.5) is 5.69 Å². The van der Waals surface area contributed by atoms with Crippen molar-refractivity contribution in [2.45, 2.75) is 38.6 Å². The first-order valence-corrected chi connectivity index (χ1v) is 8.35. The highest BCUT2D eigenvalue weighted by atomic mass is 16.5. The zero-order chi connectivity index (χ0) is 16.4. The van der Waals surface area contributed by atoms with Crippen molar-refractivity contribution in [2.24, 2.45) is 5.92 Å². The van der Waals surface area contributed by atoms with Gasteiger partial charge >= 0.3 is 0 Å². The molecule has 0 unspecified atom stereocenters. The van der Waals surface area contributed by atoms with Crippen molar-refractivity contribution in [1.29, 1.82) is 0 Å². The summed E-state index contributed by atoms with van der Waals surface area (Å²) in [7, 11) is 1.62. The fourth-order valence-corrected chi connectivity index (χ4v) is 3.54. The minimum absolute atomic E-state index is 0.0261. The van der Waals surface area contributed by atoms with Crippen molar-refractivity contribution >= 4 is 17.5 Å². The van der Waals surface area contributed by atoms with Gasteiger partial charge in [-0.15, -0.1) is 0 Å². The van der Waals surface area contributed by atoms with Crippen LogP contribution in [0, 0.1) is 5.92 Å². The van der Waals surface area contributed by atoms with E-state index >= 15 is 0 Å². The summed E-state index contributed by atoms with van der Waals surface area (Å²) in [6.45, 7) is 3.41. The Morgan fingerprint density at radius 3 is 2.61 bits per heavy atom. The number of piperidine rings is 1. The lowest BCUT2D eigenvalue weighted by molar-refractivity contribution is -0.139. The molecule has 2 saturated heterocycles. The van der Waals surface area contributed by atoms with E-state index in [2.05, 4.69) is 6.92 Å². The second kappa shape index (κ2) is 6.60. The number of ether oxygens (including phenoxy) is 1. The van der Waals surface area contributed by atoms with Gasteiger partial charge in [0.05, 0.1) is 13.0 Å². The molecule has 2 amide bonds. The van der Waals surface area contributed by atoms with Crippen LogP contribution in [0.1, 0.15) is 32.6 Å². The fraction of sp³-hybridized carbons (Fsp3) is 0.556. The molecule has 1 aromatic carbocycles. The molecule has 2 atom stereocenters. The van der Waals surface area contributed by atoms with E-state index in [-0.39, 0.29) is 17.7 Å². The van der Waals surface area contributed by atoms with Crippen molar-refractivity contribution in [3.63, 3.8) is 0 Å². The minimum Gasteiger partial charge on any atom is -0.497 e. The third-order valence-electron chi connectivity index (χ3n) is 4.94. The monoisotopic (exact) mass is 316 g/mol. The highest BCUT2D eigenvalue weighted by molar-refractivity contribution is 6.00. The van der Waals surface area contributed by atoms with Crippen molar-refractivity contribution < 1.29 is 14.3 Å². The van der Waals surface area contributed by atoms with E-state index in [9.17, 15) is 9.59 Å². The second-order valence-electron chi connectivity index (χ2n) is 6.48. The molecule has 23 heavy (non-hydrogen) atoms. The lowest BCUT2D eigenvalue weighted by atomic mass is 9.99. The number of carbonyl (C=O) groups excluding carboxylic acids is 2. The van der Waals surface area contributed by atoms with E-state index in [0.717, 1.165) is 30.8 Å². The molecule has 0 radical (unpaired) electrons. The molecule has 5 nitrogen and oxygen atoms in total. The van der Waals surface area contributed by atoms with Crippen LogP contribution < -0.4 is 9.64 Å². The first-order valence-electron chi connectivity index (χ1n) is 8.35. The van der Waals surface area contributed by atoms with E-state index in [0.29, 0.717) is 19.0 Å². The number of methoxy groups -OCH3 is 1. The van der Waals surface area contributed by atoms with Gasteiger partial charge in [0.15, 0.2) is 0 Å². The molecule has 0 aliphatic carbocycles. The van der Waals surface area contributed by atoms with Gasteiger partial charge in [-0.1, -0.05) is 0 Å². The summed E-state index contributed by atoms with van der Waals surface area (Å²) < 4.78 is 5.14. The van der Waals surface area contributed by atoms with Gasteiger partial charge in [-0.25, -0.2) is 0 Å². The number of hydrogen-bond acceptors (Lipinski definition) is 3. The number of amides is 2. The topological polar surface area (TPSA) is 49.9 Å². The summed E-state index contributed by atoms with van der Waals surface area (Å²) in [5, 5.41) is 0. The van der Waals surface area contributed by atoms with Gasteiger partial charge < -0.3 is 14.5 Å². The third kappa shape index (κ3) is 3.19. The Morgan fingerprint density at radius 2 is 1.96 bits per heavy atom. The van der Waals surface area contributed by atoms with Crippen LogP contribution in [-0.4, -0.2) is 43.0 Å². The van der Waals surface area contributed by atoms with Crippen LogP contribution in [-0.2, 0) is 9.59 Å². The van der Waals surface area contributed by atoms with Gasteiger partial charge in [-0.3, -0.25) is 9.59 Å². The lowest BCUT2D eigenvalue weighted by Crippen LogP contribution is -2.45. The second-order valence-corrected chi connectivity index (χ2v) is 6.48. The Morgan fingerprint density at radius 1 is 1.22 bits per heavy atom. The SMILES string of the molecule is COc1ccc(N2C[C@@H](C(=O)N3CCCC[C@@H]3C)CC2=O)cc1. The van der Waals surface area contributed by atoms with E-state index in [1.54, 1.807) is 12.0 Å². The average Bonchev–Trinajstić information content (AvgIpc) is 2.96. The van der Waals surface area contributed by atoms with Crippen LogP contribution in [0.3, 0.4) is 0 Å². The number of nitrogens with zero attached hydrogens (tertiary/aromatic N) is 2. The maximum Gasteiger partial charge on any atom is 0.228 e. The van der Waals surface area contributed by atoms with Gasteiger partial charge in [0.2, 0.25) is 11.8 Å². The van der Waals surface area contributed by atoms with Crippen molar-refractivity contribution in [3.05, 3.63) is 24.3 Å². The van der Waals surface area contributed by atoms with E-state index in [1.165, 1.54) is 6.42 Å². The number of anilines is 1. The summed E-state index contributed by atoms with van der Waals surface area (Å²) in [6, 6.07) is 7.70. The number of likely N-dealkylation sites (tertiary alicyclic amines) is 1. The van der Waals surface area contributed by atoms with E-state index in [4.69, 9.17) is 4.74 Å². The number of hydrogen-bond donors (Lipinski definition) is 0. The Bertz CT molecular complexity index is 584. The van der Waals surface area contributed by atoms with Crippen molar-refractivity contribution in [3.8, 4) is 5.75 Å². The van der Waals surface area contributed by atoms with Crippen LogP contribution in [0.2, 0.25) is 0 Å². The molecule has 0 spiro atoms. The Kier molecular flexibility index (Phi) is 4.55. The molecular formula is C18H24N2O3. The number of carbonyl (C=O) groups is 2. The molecule has 2 heterocycles. The van der Waals surface area contributed by atoms with E-state index in [1.807, 2.05) is 29.2 Å². The maximum atomic E-state index is 12.8. The average molecular weight is 316 g/mol.